The predicted octanol–water partition coefficient (Wildman–Crippen LogP) is 5.14. The molecule has 19 heavy (non-hydrogen) atoms. The number of aryl methyl sites for hydroxylation is 3. The molecule has 0 bridgehead atoms. The van der Waals surface area contributed by atoms with Gasteiger partial charge in [0.1, 0.15) is 0 Å². The number of anilines is 1. The van der Waals surface area contributed by atoms with Crippen molar-refractivity contribution in [1.29, 1.82) is 0 Å². The summed E-state index contributed by atoms with van der Waals surface area (Å²) >= 11 is 7.88. The molecule has 0 spiro atoms. The zero-order chi connectivity index (χ0) is 14.0. The number of benzene rings is 2. The maximum absolute atomic E-state index is 6.08. The van der Waals surface area contributed by atoms with Crippen LogP contribution in [0.2, 0.25) is 5.02 Å². The molecule has 0 radical (unpaired) electrons. The molecule has 0 unspecified atom stereocenters. The number of halogens is 1. The Kier molecular flexibility index (Phi) is 4.43. The first-order chi connectivity index (χ1) is 8.95. The maximum Gasteiger partial charge on any atom is 0.0646 e. The van der Waals surface area contributed by atoms with Crippen LogP contribution >= 0.6 is 23.4 Å². The topological polar surface area (TPSA) is 26.0 Å². The molecule has 0 saturated carbocycles. The van der Waals surface area contributed by atoms with Gasteiger partial charge in [-0.3, -0.25) is 0 Å². The summed E-state index contributed by atoms with van der Waals surface area (Å²) in [5, 5.41) is 0.633. The van der Waals surface area contributed by atoms with Gasteiger partial charge < -0.3 is 5.73 Å². The van der Waals surface area contributed by atoms with Gasteiger partial charge in [0, 0.05) is 10.6 Å². The summed E-state index contributed by atoms with van der Waals surface area (Å²) < 4.78 is 0. The molecule has 0 aliphatic rings. The molecule has 100 valence electrons. The van der Waals surface area contributed by atoms with Crippen LogP contribution in [0, 0.1) is 20.8 Å². The Morgan fingerprint density at radius 1 is 1.00 bits per heavy atom. The average molecular weight is 292 g/mol. The van der Waals surface area contributed by atoms with Crippen LogP contribution in [0.15, 0.2) is 35.2 Å². The maximum atomic E-state index is 6.08. The second-order valence-electron chi connectivity index (χ2n) is 4.92. The van der Waals surface area contributed by atoms with Crippen molar-refractivity contribution < 1.29 is 0 Å². The minimum Gasteiger partial charge on any atom is -0.398 e. The Labute approximate surface area is 124 Å². The van der Waals surface area contributed by atoms with Crippen molar-refractivity contribution in [1.82, 2.24) is 0 Å². The van der Waals surface area contributed by atoms with E-state index in [9.17, 15) is 0 Å². The molecule has 2 rings (SSSR count). The molecule has 0 atom stereocenters. The first kappa shape index (κ1) is 14.3. The van der Waals surface area contributed by atoms with Crippen molar-refractivity contribution in [2.75, 3.05) is 5.73 Å². The monoisotopic (exact) mass is 291 g/mol. The molecular formula is C16H18ClNS. The minimum absolute atomic E-state index is 0.633. The van der Waals surface area contributed by atoms with Gasteiger partial charge in [-0.25, -0.2) is 0 Å². The summed E-state index contributed by atoms with van der Waals surface area (Å²) in [6.07, 6.45) is 0. The van der Waals surface area contributed by atoms with E-state index in [2.05, 4.69) is 39.0 Å². The molecule has 1 nitrogen and oxygen atoms in total. The number of hydrogen-bond acceptors (Lipinski definition) is 2. The summed E-state index contributed by atoms with van der Waals surface area (Å²) in [6, 6.07) is 10.5. The van der Waals surface area contributed by atoms with Crippen molar-refractivity contribution in [3.63, 3.8) is 0 Å². The van der Waals surface area contributed by atoms with Crippen LogP contribution in [0.5, 0.6) is 0 Å². The van der Waals surface area contributed by atoms with Gasteiger partial charge in [-0.1, -0.05) is 40.9 Å². The summed E-state index contributed by atoms with van der Waals surface area (Å²) in [7, 11) is 0. The Balaban J connectivity index is 2.16. The lowest BCUT2D eigenvalue weighted by Gasteiger charge is -2.09. The van der Waals surface area contributed by atoms with E-state index in [4.69, 9.17) is 17.3 Å². The second-order valence-corrected chi connectivity index (χ2v) is 6.35. The Hall–Kier alpha value is -1.12. The van der Waals surface area contributed by atoms with E-state index in [1.54, 1.807) is 11.8 Å². The molecule has 0 aliphatic heterocycles. The number of rotatable bonds is 3. The van der Waals surface area contributed by atoms with Crippen molar-refractivity contribution >= 4 is 29.1 Å². The van der Waals surface area contributed by atoms with Crippen molar-refractivity contribution in [3.05, 3.63) is 57.6 Å². The third-order valence-corrected chi connectivity index (χ3v) is 4.53. The van der Waals surface area contributed by atoms with Gasteiger partial charge >= 0.3 is 0 Å². The fourth-order valence-corrected chi connectivity index (χ4v) is 3.36. The van der Waals surface area contributed by atoms with E-state index in [0.29, 0.717) is 10.7 Å². The largest absolute Gasteiger partial charge is 0.398 e. The van der Waals surface area contributed by atoms with Crippen molar-refractivity contribution in [2.24, 2.45) is 0 Å². The summed E-state index contributed by atoms with van der Waals surface area (Å²) in [6.45, 7) is 6.33. The molecule has 2 aromatic carbocycles. The molecule has 0 heterocycles. The van der Waals surface area contributed by atoms with E-state index in [1.807, 2.05) is 12.1 Å². The fourth-order valence-electron chi connectivity index (χ4n) is 2.15. The molecule has 3 heteroatoms. The zero-order valence-electron chi connectivity index (χ0n) is 11.5. The van der Waals surface area contributed by atoms with Crippen molar-refractivity contribution in [3.8, 4) is 0 Å². The summed E-state index contributed by atoms with van der Waals surface area (Å²) in [5.41, 5.74) is 11.6. The van der Waals surface area contributed by atoms with Gasteiger partial charge in [0.25, 0.3) is 0 Å². The van der Waals surface area contributed by atoms with Crippen LogP contribution in [-0.2, 0) is 5.75 Å². The standard InChI is InChI=1S/C16H18ClNS/c1-10-4-11(2)6-13(5-10)9-19-16-8-14(17)15(18)7-12(16)3/h4-8H,9,18H2,1-3H3. The molecule has 0 aromatic heterocycles. The molecule has 2 N–H and O–H groups in total. The van der Waals surface area contributed by atoms with Gasteiger partial charge in [-0.05, 0) is 44.0 Å². The van der Waals surface area contributed by atoms with E-state index in [1.165, 1.54) is 27.1 Å². The van der Waals surface area contributed by atoms with E-state index in [0.717, 1.165) is 5.75 Å². The van der Waals surface area contributed by atoms with Crippen LogP contribution in [0.3, 0.4) is 0 Å². The quantitative estimate of drug-likeness (QED) is 0.626. The smallest absolute Gasteiger partial charge is 0.0646 e. The second kappa shape index (κ2) is 5.89. The third-order valence-electron chi connectivity index (χ3n) is 2.97. The van der Waals surface area contributed by atoms with Gasteiger partial charge in [0.05, 0.1) is 10.7 Å². The van der Waals surface area contributed by atoms with Crippen LogP contribution in [0.25, 0.3) is 0 Å². The Bertz CT molecular complexity index is 588. The molecule has 0 aliphatic carbocycles. The van der Waals surface area contributed by atoms with E-state index < -0.39 is 0 Å². The van der Waals surface area contributed by atoms with Gasteiger partial charge in [-0.15, -0.1) is 11.8 Å². The van der Waals surface area contributed by atoms with Crippen molar-refractivity contribution in [2.45, 2.75) is 31.4 Å². The lowest BCUT2D eigenvalue weighted by Crippen LogP contribution is -1.90. The zero-order valence-corrected chi connectivity index (χ0v) is 13.0. The average Bonchev–Trinajstić information content (AvgIpc) is 2.31. The molecule has 0 fully saturated rings. The highest BCUT2D eigenvalue weighted by atomic mass is 35.5. The van der Waals surface area contributed by atoms with E-state index in [-0.39, 0.29) is 0 Å². The SMILES string of the molecule is Cc1cc(C)cc(CSc2cc(Cl)c(N)cc2C)c1. The van der Waals surface area contributed by atoms with E-state index >= 15 is 0 Å². The van der Waals surface area contributed by atoms with Gasteiger partial charge in [0.15, 0.2) is 0 Å². The summed E-state index contributed by atoms with van der Waals surface area (Å²) in [4.78, 5) is 1.19. The predicted molar refractivity (Wildman–Crippen MR) is 86.1 cm³/mol. The van der Waals surface area contributed by atoms with Gasteiger partial charge in [-0.2, -0.15) is 0 Å². The minimum atomic E-state index is 0.633. The normalized spacial score (nSPS) is 10.7. The lowest BCUT2D eigenvalue weighted by atomic mass is 10.1. The van der Waals surface area contributed by atoms with Crippen LogP contribution in [0.1, 0.15) is 22.3 Å². The first-order valence-corrected chi connectivity index (χ1v) is 7.57. The number of hydrogen-bond donors (Lipinski definition) is 1. The Morgan fingerprint density at radius 3 is 2.26 bits per heavy atom. The third kappa shape index (κ3) is 3.68. The Morgan fingerprint density at radius 2 is 1.63 bits per heavy atom. The highest BCUT2D eigenvalue weighted by molar-refractivity contribution is 7.98. The highest BCUT2D eigenvalue weighted by Gasteiger charge is 2.05. The van der Waals surface area contributed by atoms with Crippen LogP contribution in [0.4, 0.5) is 5.69 Å². The van der Waals surface area contributed by atoms with Crippen LogP contribution in [-0.4, -0.2) is 0 Å². The fraction of sp³-hybridized carbons (Fsp3) is 0.250. The lowest BCUT2D eigenvalue weighted by molar-refractivity contribution is 1.27. The highest BCUT2D eigenvalue weighted by Crippen LogP contribution is 2.32. The molecule has 0 saturated heterocycles. The van der Waals surface area contributed by atoms with Crippen LogP contribution < -0.4 is 5.73 Å². The first-order valence-electron chi connectivity index (χ1n) is 6.21. The molecule has 2 aromatic rings. The molecule has 0 amide bonds. The number of nitrogens with two attached hydrogens (primary N) is 1. The summed E-state index contributed by atoms with van der Waals surface area (Å²) in [5.74, 6) is 0.948. The van der Waals surface area contributed by atoms with Gasteiger partial charge in [0.2, 0.25) is 0 Å². The number of thioether (sulfide) groups is 1. The molecular weight excluding hydrogens is 274 g/mol. The number of nitrogen functional groups attached to an aromatic ring is 1.